The van der Waals surface area contributed by atoms with E-state index in [-0.39, 0.29) is 43.6 Å². The van der Waals surface area contributed by atoms with Crippen molar-refractivity contribution in [3.8, 4) is 22.8 Å². The van der Waals surface area contributed by atoms with Gasteiger partial charge in [-0.15, -0.1) is 0 Å². The lowest BCUT2D eigenvalue weighted by molar-refractivity contribution is -0.138. The first-order chi connectivity index (χ1) is 19.2. The monoisotopic (exact) mass is 556 g/mol. The number of nitrogens with two attached hydrogens (primary N) is 1. The molecule has 2 N–H and O–H groups in total. The summed E-state index contributed by atoms with van der Waals surface area (Å²) in [6.07, 6.45) is -4.01. The van der Waals surface area contributed by atoms with Crippen molar-refractivity contribution in [3.63, 3.8) is 0 Å². The molecule has 1 unspecified atom stereocenters. The van der Waals surface area contributed by atoms with Crippen LogP contribution in [0.5, 0.6) is 11.5 Å². The lowest BCUT2D eigenvalue weighted by Gasteiger charge is -2.43. The number of amides is 1. The Morgan fingerprint density at radius 2 is 1.77 bits per heavy atom. The van der Waals surface area contributed by atoms with Crippen molar-refractivity contribution in [1.82, 2.24) is 9.88 Å². The SMILES string of the molecule is CCOc1ccc(C(=O)N2CCN(c3ccc(-c4ccccc4OCC)nc3CN)C(CC)C2)c(C(F)(F)F)c1. The summed E-state index contributed by atoms with van der Waals surface area (Å²) in [6.45, 7) is 7.54. The van der Waals surface area contributed by atoms with Crippen molar-refractivity contribution in [2.24, 2.45) is 5.73 Å². The molecule has 0 radical (unpaired) electrons. The van der Waals surface area contributed by atoms with Crippen LogP contribution >= 0.6 is 0 Å². The first-order valence-electron chi connectivity index (χ1n) is 13.5. The highest BCUT2D eigenvalue weighted by Crippen LogP contribution is 2.36. The second kappa shape index (κ2) is 12.6. The first kappa shape index (κ1) is 29.2. The Bertz CT molecular complexity index is 1330. The Hall–Kier alpha value is -3.79. The fourth-order valence-electron chi connectivity index (χ4n) is 5.09. The molecule has 0 bridgehead atoms. The Labute approximate surface area is 232 Å². The van der Waals surface area contributed by atoms with E-state index in [9.17, 15) is 18.0 Å². The van der Waals surface area contributed by atoms with Crippen molar-refractivity contribution in [2.75, 3.05) is 37.7 Å². The number of carbonyl (C=O) groups is 1. The van der Waals surface area contributed by atoms with E-state index >= 15 is 0 Å². The average molecular weight is 557 g/mol. The molecule has 1 aliphatic heterocycles. The van der Waals surface area contributed by atoms with Crippen LogP contribution in [-0.2, 0) is 12.7 Å². The molecule has 1 atom stereocenters. The summed E-state index contributed by atoms with van der Waals surface area (Å²) in [5, 5.41) is 0. The van der Waals surface area contributed by atoms with Crippen molar-refractivity contribution in [2.45, 2.75) is 46.0 Å². The minimum atomic E-state index is -4.69. The predicted octanol–water partition coefficient (Wildman–Crippen LogP) is 5.76. The van der Waals surface area contributed by atoms with Crippen LogP contribution in [-0.4, -0.2) is 54.7 Å². The van der Waals surface area contributed by atoms with Gasteiger partial charge in [0.1, 0.15) is 11.5 Å². The molecule has 2 aromatic carbocycles. The summed E-state index contributed by atoms with van der Waals surface area (Å²) in [7, 11) is 0. The zero-order valence-corrected chi connectivity index (χ0v) is 23.0. The number of para-hydroxylation sites is 1. The third kappa shape index (κ3) is 6.17. The molecule has 40 heavy (non-hydrogen) atoms. The molecule has 0 spiro atoms. The molecule has 10 heteroatoms. The summed E-state index contributed by atoms with van der Waals surface area (Å²) in [4.78, 5) is 21.9. The van der Waals surface area contributed by atoms with Crippen LogP contribution in [0.1, 0.15) is 48.8 Å². The molecular weight excluding hydrogens is 521 g/mol. The lowest BCUT2D eigenvalue weighted by Crippen LogP contribution is -2.55. The molecule has 214 valence electrons. The summed E-state index contributed by atoms with van der Waals surface area (Å²) >= 11 is 0. The molecule has 4 rings (SSSR count). The zero-order chi connectivity index (χ0) is 28.9. The van der Waals surface area contributed by atoms with Gasteiger partial charge in [0.15, 0.2) is 0 Å². The van der Waals surface area contributed by atoms with Crippen molar-refractivity contribution < 1.29 is 27.4 Å². The normalized spacial score (nSPS) is 15.7. The van der Waals surface area contributed by atoms with Crippen LogP contribution in [0, 0.1) is 0 Å². The number of ether oxygens (including phenoxy) is 2. The Kier molecular flexibility index (Phi) is 9.19. The van der Waals surface area contributed by atoms with Crippen LogP contribution in [0.3, 0.4) is 0 Å². The highest BCUT2D eigenvalue weighted by atomic mass is 19.4. The van der Waals surface area contributed by atoms with E-state index in [0.717, 1.165) is 28.8 Å². The molecule has 1 fully saturated rings. The van der Waals surface area contributed by atoms with Crippen molar-refractivity contribution >= 4 is 11.6 Å². The molecule has 1 saturated heterocycles. The molecule has 3 aromatic rings. The molecule has 0 saturated carbocycles. The third-order valence-electron chi connectivity index (χ3n) is 6.99. The smallest absolute Gasteiger partial charge is 0.417 e. The Balaban J connectivity index is 1.59. The lowest BCUT2D eigenvalue weighted by atomic mass is 10.0. The van der Waals surface area contributed by atoms with Gasteiger partial charge in [-0.3, -0.25) is 4.79 Å². The zero-order valence-electron chi connectivity index (χ0n) is 23.0. The molecular formula is C30H35F3N4O3. The van der Waals surface area contributed by atoms with E-state index in [4.69, 9.17) is 20.2 Å². The number of anilines is 1. The van der Waals surface area contributed by atoms with Crippen LogP contribution in [0.25, 0.3) is 11.3 Å². The number of halogens is 3. The topological polar surface area (TPSA) is 80.9 Å². The van der Waals surface area contributed by atoms with E-state index in [1.54, 1.807) is 6.92 Å². The number of hydrogen-bond donors (Lipinski definition) is 1. The van der Waals surface area contributed by atoms with Gasteiger partial charge in [-0.1, -0.05) is 19.1 Å². The number of benzene rings is 2. The number of rotatable bonds is 9. The Morgan fingerprint density at radius 3 is 2.45 bits per heavy atom. The molecule has 1 aliphatic rings. The number of carbonyl (C=O) groups excluding carboxylic acids is 1. The van der Waals surface area contributed by atoms with Gasteiger partial charge in [0.2, 0.25) is 0 Å². The van der Waals surface area contributed by atoms with E-state index < -0.39 is 17.6 Å². The second-order valence-electron chi connectivity index (χ2n) is 9.44. The van der Waals surface area contributed by atoms with E-state index in [1.807, 2.05) is 50.2 Å². The Morgan fingerprint density at radius 1 is 1.02 bits per heavy atom. The summed E-state index contributed by atoms with van der Waals surface area (Å²) in [5.74, 6) is 0.171. The standard InChI is InChI=1S/C30H35F3N4O3/c1-4-20-19-36(29(38)22-12-11-21(39-5-2)17-24(22)30(31,32)33)15-16-37(20)27-14-13-25(35-26(27)18-34)23-9-7-8-10-28(23)40-6-3/h7-14,17,20H,4-6,15-16,18-19,34H2,1-3H3. The highest BCUT2D eigenvalue weighted by molar-refractivity contribution is 5.96. The number of hydrogen-bond acceptors (Lipinski definition) is 6. The minimum absolute atomic E-state index is 0.0803. The van der Waals surface area contributed by atoms with Gasteiger partial charge < -0.3 is 25.0 Å². The number of nitrogens with zero attached hydrogens (tertiary/aromatic N) is 3. The molecule has 1 amide bonds. The maximum atomic E-state index is 13.9. The summed E-state index contributed by atoms with van der Waals surface area (Å²) in [6, 6.07) is 15.0. The van der Waals surface area contributed by atoms with Gasteiger partial charge in [0.25, 0.3) is 5.91 Å². The predicted molar refractivity (Wildman–Crippen MR) is 149 cm³/mol. The number of piperazine rings is 1. The third-order valence-corrected chi connectivity index (χ3v) is 6.99. The maximum Gasteiger partial charge on any atom is 0.417 e. The molecule has 0 aliphatic carbocycles. The van der Waals surface area contributed by atoms with Crippen molar-refractivity contribution in [1.29, 1.82) is 0 Å². The molecule has 1 aromatic heterocycles. The fraction of sp³-hybridized carbons (Fsp3) is 0.400. The second-order valence-corrected chi connectivity index (χ2v) is 9.44. The maximum absolute atomic E-state index is 13.9. The van der Waals surface area contributed by atoms with E-state index in [0.29, 0.717) is 25.3 Å². The van der Waals surface area contributed by atoms with Gasteiger partial charge in [0.05, 0.1) is 41.4 Å². The van der Waals surface area contributed by atoms with Crippen LogP contribution in [0.4, 0.5) is 18.9 Å². The van der Waals surface area contributed by atoms with E-state index in [2.05, 4.69) is 4.90 Å². The number of pyridine rings is 1. The summed E-state index contributed by atoms with van der Waals surface area (Å²) < 4.78 is 52.6. The van der Waals surface area contributed by atoms with Crippen molar-refractivity contribution in [3.05, 3.63) is 71.4 Å². The molecule has 2 heterocycles. The van der Waals surface area contributed by atoms with Gasteiger partial charge >= 0.3 is 6.18 Å². The quantitative estimate of drug-likeness (QED) is 0.361. The molecule has 7 nitrogen and oxygen atoms in total. The van der Waals surface area contributed by atoms with Gasteiger partial charge in [-0.25, -0.2) is 4.98 Å². The average Bonchev–Trinajstić information content (AvgIpc) is 2.96. The summed E-state index contributed by atoms with van der Waals surface area (Å²) in [5.41, 5.74) is 7.93. The largest absolute Gasteiger partial charge is 0.494 e. The van der Waals surface area contributed by atoms with E-state index in [1.165, 1.54) is 17.0 Å². The number of aromatic nitrogens is 1. The van der Waals surface area contributed by atoms with Crippen LogP contribution < -0.4 is 20.1 Å². The minimum Gasteiger partial charge on any atom is -0.494 e. The van der Waals surface area contributed by atoms with Gasteiger partial charge in [0, 0.05) is 37.8 Å². The van der Waals surface area contributed by atoms with Gasteiger partial charge in [-0.2, -0.15) is 13.2 Å². The van der Waals surface area contributed by atoms with Crippen LogP contribution in [0.15, 0.2) is 54.6 Å². The number of alkyl halides is 3. The van der Waals surface area contributed by atoms with Gasteiger partial charge in [-0.05, 0) is 62.7 Å². The van der Waals surface area contributed by atoms with Crippen LogP contribution in [0.2, 0.25) is 0 Å². The highest BCUT2D eigenvalue weighted by Gasteiger charge is 2.38. The fourth-order valence-corrected chi connectivity index (χ4v) is 5.09. The first-order valence-corrected chi connectivity index (χ1v) is 13.5.